The third kappa shape index (κ3) is 2.46. The number of benzene rings is 2. The van der Waals surface area contributed by atoms with E-state index in [4.69, 9.17) is 0 Å². The summed E-state index contributed by atoms with van der Waals surface area (Å²) in [5, 5.41) is 0. The van der Waals surface area contributed by atoms with Gasteiger partial charge in [-0.05, 0) is 24.0 Å². The summed E-state index contributed by atoms with van der Waals surface area (Å²) >= 11 is 0. The summed E-state index contributed by atoms with van der Waals surface area (Å²) in [4.78, 5) is 0. The molecule has 2 unspecified atom stereocenters. The van der Waals surface area contributed by atoms with Gasteiger partial charge < -0.3 is 0 Å². The van der Waals surface area contributed by atoms with Crippen molar-refractivity contribution >= 4 is 0 Å². The predicted octanol–water partition coefficient (Wildman–Crippen LogP) is 3.72. The Balaban J connectivity index is 1.62. The molecular weight excluding hydrogens is 216 g/mol. The molecule has 2 aromatic carbocycles. The smallest absolute Gasteiger partial charge is 0.0384 e. The van der Waals surface area contributed by atoms with Crippen molar-refractivity contribution in [2.45, 2.75) is 12.8 Å². The maximum absolute atomic E-state index is 3.31. The molecule has 0 aliphatic heterocycles. The summed E-state index contributed by atoms with van der Waals surface area (Å²) in [6.45, 7) is 0. The van der Waals surface area contributed by atoms with E-state index in [0.717, 1.165) is 12.8 Å². The molecule has 1 aliphatic rings. The van der Waals surface area contributed by atoms with E-state index < -0.39 is 0 Å². The third-order valence-corrected chi connectivity index (χ3v) is 3.54. The normalized spacial score (nSPS) is 20.7. The molecular formula is C18H16. The van der Waals surface area contributed by atoms with Crippen molar-refractivity contribution in [2.75, 3.05) is 0 Å². The largest absolute Gasteiger partial charge is 0.0979 e. The lowest BCUT2D eigenvalue weighted by atomic mass is 9.77. The Morgan fingerprint density at radius 2 is 1.00 bits per heavy atom. The fraction of sp³-hybridized carbons (Fsp3) is 0.222. The Bertz CT molecular complexity index is 506. The molecule has 0 saturated heterocycles. The molecule has 0 radical (unpaired) electrons. The molecule has 0 saturated carbocycles. The van der Waals surface area contributed by atoms with Crippen LogP contribution in [0.25, 0.3) is 0 Å². The maximum Gasteiger partial charge on any atom is 0.0384 e. The summed E-state index contributed by atoms with van der Waals surface area (Å²) in [6.07, 6.45) is 2.18. The van der Waals surface area contributed by atoms with E-state index >= 15 is 0 Å². The molecule has 0 bridgehead atoms. The zero-order valence-electron chi connectivity index (χ0n) is 10.3. The number of rotatable bonds is 4. The summed E-state index contributed by atoms with van der Waals surface area (Å²) < 4.78 is 0. The highest BCUT2D eigenvalue weighted by molar-refractivity contribution is 5.30. The summed E-state index contributed by atoms with van der Waals surface area (Å²) in [7, 11) is 0. The zero-order valence-corrected chi connectivity index (χ0v) is 10.3. The van der Waals surface area contributed by atoms with Gasteiger partial charge in [-0.25, -0.2) is 0 Å². The lowest BCUT2D eigenvalue weighted by Crippen LogP contribution is -2.23. The predicted molar refractivity (Wildman–Crippen MR) is 75.0 cm³/mol. The van der Waals surface area contributed by atoms with E-state index in [2.05, 4.69) is 72.5 Å². The van der Waals surface area contributed by atoms with E-state index in [1.54, 1.807) is 0 Å². The molecule has 18 heavy (non-hydrogen) atoms. The van der Waals surface area contributed by atoms with Crippen molar-refractivity contribution in [1.82, 2.24) is 0 Å². The van der Waals surface area contributed by atoms with Crippen LogP contribution >= 0.6 is 0 Å². The minimum atomic E-state index is 0.535. The highest BCUT2D eigenvalue weighted by Crippen LogP contribution is 2.26. The van der Waals surface area contributed by atoms with Crippen molar-refractivity contribution in [3.8, 4) is 11.8 Å². The second-order valence-corrected chi connectivity index (χ2v) is 4.88. The number of hydrogen-bond donors (Lipinski definition) is 0. The van der Waals surface area contributed by atoms with Crippen LogP contribution in [0.3, 0.4) is 0 Å². The molecule has 1 aliphatic carbocycles. The first-order chi connectivity index (χ1) is 8.92. The molecule has 3 rings (SSSR count). The maximum atomic E-state index is 3.31. The van der Waals surface area contributed by atoms with Crippen LogP contribution in [0, 0.1) is 23.7 Å². The van der Waals surface area contributed by atoms with Crippen LogP contribution in [0.5, 0.6) is 0 Å². The van der Waals surface area contributed by atoms with Gasteiger partial charge in [0.25, 0.3) is 0 Å². The van der Waals surface area contributed by atoms with Crippen molar-refractivity contribution in [3.63, 3.8) is 0 Å². The van der Waals surface area contributed by atoms with Crippen LogP contribution in [0.15, 0.2) is 60.7 Å². The van der Waals surface area contributed by atoms with Crippen LogP contribution in [-0.4, -0.2) is 0 Å². The Kier molecular flexibility index (Phi) is 3.15. The van der Waals surface area contributed by atoms with E-state index in [-0.39, 0.29) is 0 Å². The number of hydrogen-bond acceptors (Lipinski definition) is 0. The van der Waals surface area contributed by atoms with Gasteiger partial charge >= 0.3 is 0 Å². The third-order valence-electron chi connectivity index (χ3n) is 3.54. The Morgan fingerprint density at radius 3 is 1.33 bits per heavy atom. The fourth-order valence-electron chi connectivity index (χ4n) is 2.44. The molecule has 0 aromatic heterocycles. The lowest BCUT2D eigenvalue weighted by molar-refractivity contribution is 0.468. The highest BCUT2D eigenvalue weighted by Gasteiger charge is 2.24. The molecule has 0 amide bonds. The van der Waals surface area contributed by atoms with E-state index in [0.29, 0.717) is 11.8 Å². The summed E-state index contributed by atoms with van der Waals surface area (Å²) in [6, 6.07) is 21.3. The van der Waals surface area contributed by atoms with Gasteiger partial charge in [0, 0.05) is 11.8 Å². The fourth-order valence-corrected chi connectivity index (χ4v) is 2.44. The van der Waals surface area contributed by atoms with Crippen molar-refractivity contribution in [2.24, 2.45) is 11.8 Å². The first-order valence-corrected chi connectivity index (χ1v) is 6.51. The minimum Gasteiger partial charge on any atom is -0.0979 e. The second-order valence-electron chi connectivity index (χ2n) is 4.88. The average molecular weight is 232 g/mol. The quantitative estimate of drug-likeness (QED) is 0.705. The SMILES string of the molecule is C1#CC(Cc2ccccc2)C1Cc1ccccc1. The van der Waals surface area contributed by atoms with Crippen LogP contribution in [0.1, 0.15) is 11.1 Å². The van der Waals surface area contributed by atoms with Gasteiger partial charge in [0.05, 0.1) is 0 Å². The van der Waals surface area contributed by atoms with Gasteiger partial charge in [-0.15, -0.1) is 0 Å². The van der Waals surface area contributed by atoms with Crippen LogP contribution in [-0.2, 0) is 12.8 Å². The standard InChI is InChI=1S/C18H16/c1-3-7-15(8-4-1)13-17-11-12-18(17)14-16-9-5-2-6-10-16/h1-10,17-18H,13-14H2. The van der Waals surface area contributed by atoms with Gasteiger partial charge in [0.2, 0.25) is 0 Å². The summed E-state index contributed by atoms with van der Waals surface area (Å²) in [5.41, 5.74) is 2.80. The van der Waals surface area contributed by atoms with E-state index in [9.17, 15) is 0 Å². The molecule has 0 spiro atoms. The van der Waals surface area contributed by atoms with Gasteiger partial charge in [0.1, 0.15) is 0 Å². The van der Waals surface area contributed by atoms with Gasteiger partial charge in [0.15, 0.2) is 0 Å². The van der Waals surface area contributed by atoms with Crippen molar-refractivity contribution < 1.29 is 0 Å². The van der Waals surface area contributed by atoms with Crippen molar-refractivity contribution in [3.05, 3.63) is 71.8 Å². The van der Waals surface area contributed by atoms with Crippen LogP contribution in [0.2, 0.25) is 0 Å². The molecule has 0 heteroatoms. The first kappa shape index (κ1) is 11.1. The van der Waals surface area contributed by atoms with Gasteiger partial charge in [-0.3, -0.25) is 0 Å². The molecule has 0 heterocycles. The monoisotopic (exact) mass is 232 g/mol. The second kappa shape index (κ2) is 5.10. The van der Waals surface area contributed by atoms with E-state index in [1.807, 2.05) is 0 Å². The van der Waals surface area contributed by atoms with Gasteiger partial charge in [-0.1, -0.05) is 72.5 Å². The molecule has 0 nitrogen and oxygen atoms in total. The van der Waals surface area contributed by atoms with Gasteiger partial charge in [-0.2, -0.15) is 0 Å². The molecule has 88 valence electrons. The highest BCUT2D eigenvalue weighted by atomic mass is 14.3. The first-order valence-electron chi connectivity index (χ1n) is 6.51. The topological polar surface area (TPSA) is 0 Å². The minimum absolute atomic E-state index is 0.535. The Morgan fingerprint density at radius 1 is 0.611 bits per heavy atom. The average Bonchev–Trinajstić information content (AvgIpc) is 2.43. The lowest BCUT2D eigenvalue weighted by Gasteiger charge is -2.25. The molecule has 2 aromatic rings. The summed E-state index contributed by atoms with van der Waals surface area (Å²) in [5.74, 6) is 7.70. The molecule has 2 atom stereocenters. The Labute approximate surface area is 109 Å². The molecule has 0 fully saturated rings. The Hall–Kier alpha value is -2.00. The van der Waals surface area contributed by atoms with Crippen LogP contribution in [0.4, 0.5) is 0 Å². The zero-order chi connectivity index (χ0) is 12.2. The van der Waals surface area contributed by atoms with Crippen molar-refractivity contribution in [1.29, 1.82) is 0 Å². The molecule has 0 N–H and O–H groups in total. The van der Waals surface area contributed by atoms with E-state index in [1.165, 1.54) is 11.1 Å². The van der Waals surface area contributed by atoms with Crippen LogP contribution < -0.4 is 0 Å².